The fourth-order valence-electron chi connectivity index (χ4n) is 1.62. The Kier molecular flexibility index (Phi) is 6.16. The summed E-state index contributed by atoms with van der Waals surface area (Å²) >= 11 is 1.94. The molecule has 1 N–H and O–H groups in total. The first kappa shape index (κ1) is 13.8. The molecule has 1 fully saturated rings. The summed E-state index contributed by atoms with van der Waals surface area (Å²) in [6.07, 6.45) is 2.43. The van der Waals surface area contributed by atoms with Gasteiger partial charge in [0.1, 0.15) is 6.61 Å². The van der Waals surface area contributed by atoms with E-state index in [2.05, 4.69) is 12.2 Å². The quantitative estimate of drug-likeness (QED) is 0.683. The van der Waals surface area contributed by atoms with Crippen molar-refractivity contribution in [2.75, 3.05) is 39.2 Å². The lowest BCUT2D eigenvalue weighted by molar-refractivity contribution is -0.126. The van der Waals surface area contributed by atoms with Crippen molar-refractivity contribution < 1.29 is 14.3 Å². The molecule has 1 unspecified atom stereocenters. The second kappa shape index (κ2) is 7.14. The Labute approximate surface area is 101 Å². The number of nitrogens with one attached hydrogen (secondary N) is 1. The van der Waals surface area contributed by atoms with Crippen LogP contribution in [-0.2, 0) is 14.3 Å². The molecule has 4 nitrogen and oxygen atoms in total. The van der Waals surface area contributed by atoms with Crippen molar-refractivity contribution in [3.8, 4) is 0 Å². The van der Waals surface area contributed by atoms with Gasteiger partial charge in [0.05, 0.1) is 13.2 Å². The van der Waals surface area contributed by atoms with Crippen LogP contribution in [0.25, 0.3) is 0 Å². The van der Waals surface area contributed by atoms with E-state index >= 15 is 0 Å². The Balaban J connectivity index is 2.05. The van der Waals surface area contributed by atoms with Gasteiger partial charge in [0.25, 0.3) is 0 Å². The van der Waals surface area contributed by atoms with E-state index in [0.717, 1.165) is 6.54 Å². The summed E-state index contributed by atoms with van der Waals surface area (Å²) in [6, 6.07) is 0. The zero-order valence-electron chi connectivity index (χ0n) is 10.1. The summed E-state index contributed by atoms with van der Waals surface area (Å²) in [4.78, 5) is 11.4. The summed E-state index contributed by atoms with van der Waals surface area (Å²) in [5, 5.41) is 2.92. The van der Waals surface area contributed by atoms with Gasteiger partial charge in [-0.1, -0.05) is 0 Å². The van der Waals surface area contributed by atoms with E-state index in [4.69, 9.17) is 9.47 Å². The molecule has 5 heteroatoms. The van der Waals surface area contributed by atoms with Crippen LogP contribution in [0.3, 0.4) is 0 Å². The number of amides is 1. The van der Waals surface area contributed by atoms with Gasteiger partial charge in [-0.3, -0.25) is 4.79 Å². The number of ether oxygens (including phenoxy) is 2. The number of carbonyl (C=O) groups excluding carboxylic acids is 1. The smallest absolute Gasteiger partial charge is 0.246 e. The van der Waals surface area contributed by atoms with Crippen molar-refractivity contribution in [3.63, 3.8) is 0 Å². The Morgan fingerprint density at radius 2 is 2.31 bits per heavy atom. The third-order valence-electron chi connectivity index (χ3n) is 2.62. The van der Waals surface area contributed by atoms with Crippen molar-refractivity contribution in [3.05, 3.63) is 0 Å². The molecule has 1 saturated heterocycles. The SMILES string of the molecule is COCCOCC(=O)NCC1(C)CCCS1. The number of carbonyl (C=O) groups is 1. The summed E-state index contributed by atoms with van der Waals surface area (Å²) in [5.41, 5.74) is 0. The highest BCUT2D eigenvalue weighted by Gasteiger charge is 2.29. The minimum atomic E-state index is -0.0372. The summed E-state index contributed by atoms with van der Waals surface area (Å²) in [7, 11) is 1.61. The fourth-order valence-corrected chi connectivity index (χ4v) is 2.86. The van der Waals surface area contributed by atoms with Crippen LogP contribution >= 0.6 is 11.8 Å². The van der Waals surface area contributed by atoms with Gasteiger partial charge in [0.15, 0.2) is 0 Å². The zero-order chi connectivity index (χ0) is 11.9. The maximum Gasteiger partial charge on any atom is 0.246 e. The number of hydrogen-bond donors (Lipinski definition) is 1. The highest BCUT2D eigenvalue weighted by atomic mass is 32.2. The molecule has 1 atom stereocenters. The molecular formula is C11H21NO3S. The third-order valence-corrected chi connectivity index (χ3v) is 4.16. The van der Waals surface area contributed by atoms with Gasteiger partial charge in [-0.15, -0.1) is 0 Å². The lowest BCUT2D eigenvalue weighted by Gasteiger charge is -2.22. The van der Waals surface area contributed by atoms with E-state index < -0.39 is 0 Å². The molecule has 1 aliphatic heterocycles. The molecule has 0 aromatic carbocycles. The van der Waals surface area contributed by atoms with Gasteiger partial charge in [-0.05, 0) is 25.5 Å². The van der Waals surface area contributed by atoms with Crippen LogP contribution in [0.1, 0.15) is 19.8 Å². The van der Waals surface area contributed by atoms with E-state index in [1.165, 1.54) is 18.6 Å². The Bertz CT molecular complexity index is 217. The first-order valence-corrected chi connectivity index (χ1v) is 6.62. The number of methoxy groups -OCH3 is 1. The Hall–Kier alpha value is -0.260. The van der Waals surface area contributed by atoms with Crippen LogP contribution in [0.5, 0.6) is 0 Å². The molecule has 0 aromatic rings. The normalized spacial score (nSPS) is 24.6. The average molecular weight is 247 g/mol. The molecule has 1 amide bonds. The standard InChI is InChI=1S/C11H21NO3S/c1-11(4-3-7-16-11)9-12-10(13)8-15-6-5-14-2/h3-9H2,1-2H3,(H,12,13). The molecule has 0 radical (unpaired) electrons. The van der Waals surface area contributed by atoms with Crippen LogP contribution in [0.4, 0.5) is 0 Å². The second-order valence-corrected chi connectivity index (χ2v) is 5.91. The van der Waals surface area contributed by atoms with Crippen molar-refractivity contribution in [1.29, 1.82) is 0 Å². The number of rotatable bonds is 7. The van der Waals surface area contributed by atoms with Gasteiger partial charge < -0.3 is 14.8 Å². The molecule has 94 valence electrons. The topological polar surface area (TPSA) is 47.6 Å². The average Bonchev–Trinajstić information content (AvgIpc) is 2.70. The lowest BCUT2D eigenvalue weighted by atomic mass is 10.1. The molecule has 16 heavy (non-hydrogen) atoms. The van der Waals surface area contributed by atoms with Gasteiger partial charge in [-0.2, -0.15) is 11.8 Å². The van der Waals surface area contributed by atoms with Crippen LogP contribution in [0, 0.1) is 0 Å². The van der Waals surface area contributed by atoms with Crippen LogP contribution in [0.2, 0.25) is 0 Å². The van der Waals surface area contributed by atoms with Gasteiger partial charge in [0.2, 0.25) is 5.91 Å². The van der Waals surface area contributed by atoms with Crippen LogP contribution < -0.4 is 5.32 Å². The monoisotopic (exact) mass is 247 g/mol. The predicted molar refractivity (Wildman–Crippen MR) is 65.8 cm³/mol. The highest BCUT2D eigenvalue weighted by Crippen LogP contribution is 2.36. The third kappa shape index (κ3) is 5.18. The molecular weight excluding hydrogens is 226 g/mol. The summed E-state index contributed by atoms with van der Waals surface area (Å²) in [6.45, 7) is 4.07. The minimum Gasteiger partial charge on any atom is -0.382 e. The van der Waals surface area contributed by atoms with Gasteiger partial charge in [0, 0.05) is 18.4 Å². The van der Waals surface area contributed by atoms with Gasteiger partial charge >= 0.3 is 0 Å². The maximum atomic E-state index is 11.4. The first-order valence-electron chi connectivity index (χ1n) is 5.64. The summed E-state index contributed by atoms with van der Waals surface area (Å²) in [5.74, 6) is 1.17. The van der Waals surface area contributed by atoms with Crippen molar-refractivity contribution >= 4 is 17.7 Å². The van der Waals surface area contributed by atoms with Crippen LogP contribution in [0.15, 0.2) is 0 Å². The Morgan fingerprint density at radius 1 is 1.50 bits per heavy atom. The largest absolute Gasteiger partial charge is 0.382 e. The van der Waals surface area contributed by atoms with Crippen molar-refractivity contribution in [1.82, 2.24) is 5.32 Å². The highest BCUT2D eigenvalue weighted by molar-refractivity contribution is 8.00. The second-order valence-electron chi connectivity index (χ2n) is 4.22. The van der Waals surface area contributed by atoms with Crippen LogP contribution in [-0.4, -0.2) is 49.9 Å². The van der Waals surface area contributed by atoms with E-state index in [9.17, 15) is 4.79 Å². The molecule has 0 aliphatic carbocycles. The molecule has 1 heterocycles. The molecule has 0 aromatic heterocycles. The molecule has 0 bridgehead atoms. The zero-order valence-corrected chi connectivity index (χ0v) is 10.9. The Morgan fingerprint density at radius 3 is 2.94 bits per heavy atom. The van der Waals surface area contributed by atoms with Gasteiger partial charge in [-0.25, -0.2) is 0 Å². The van der Waals surface area contributed by atoms with Crippen molar-refractivity contribution in [2.45, 2.75) is 24.5 Å². The molecule has 0 spiro atoms. The van der Waals surface area contributed by atoms with E-state index in [1.807, 2.05) is 11.8 Å². The number of thioether (sulfide) groups is 1. The molecule has 1 rings (SSSR count). The van der Waals surface area contributed by atoms with E-state index in [0.29, 0.717) is 13.2 Å². The lowest BCUT2D eigenvalue weighted by Crippen LogP contribution is -2.38. The minimum absolute atomic E-state index is 0.0372. The molecule has 0 saturated carbocycles. The summed E-state index contributed by atoms with van der Waals surface area (Å²) < 4.78 is 10.2. The number of hydrogen-bond acceptors (Lipinski definition) is 4. The van der Waals surface area contributed by atoms with E-state index in [1.54, 1.807) is 7.11 Å². The maximum absolute atomic E-state index is 11.4. The first-order chi connectivity index (χ1) is 7.66. The van der Waals surface area contributed by atoms with Crippen molar-refractivity contribution in [2.24, 2.45) is 0 Å². The predicted octanol–water partition coefficient (Wildman–Crippen LogP) is 1.05. The fraction of sp³-hybridized carbons (Fsp3) is 0.909. The van der Waals surface area contributed by atoms with E-state index in [-0.39, 0.29) is 17.3 Å². The molecule has 1 aliphatic rings.